The molecule has 0 bridgehead atoms. The van der Waals surface area contributed by atoms with Crippen LogP contribution < -0.4 is 11.3 Å². The standard InChI is InChI=1S/C15H13N3O/c16-8-13-12(7-14(17)18-15(13)19)11-5-4-9-2-1-3-10(9)6-11/h4-7H,1-3H2,(H3,17,18,19). The molecule has 0 spiro atoms. The first-order chi connectivity index (χ1) is 9.19. The number of aromatic nitrogens is 1. The first kappa shape index (κ1) is 11.5. The lowest BCUT2D eigenvalue weighted by molar-refractivity contribution is 0.912. The summed E-state index contributed by atoms with van der Waals surface area (Å²) in [5.74, 6) is 0.277. The summed E-state index contributed by atoms with van der Waals surface area (Å²) in [6.45, 7) is 0. The first-order valence-electron chi connectivity index (χ1n) is 6.24. The van der Waals surface area contributed by atoms with E-state index in [-0.39, 0.29) is 11.4 Å². The normalized spacial score (nSPS) is 13.0. The molecule has 94 valence electrons. The van der Waals surface area contributed by atoms with E-state index in [0.29, 0.717) is 5.56 Å². The number of benzene rings is 1. The lowest BCUT2D eigenvalue weighted by atomic mass is 9.98. The Balaban J connectivity index is 2.23. The van der Waals surface area contributed by atoms with Crippen LogP contribution in [-0.4, -0.2) is 4.98 Å². The summed E-state index contributed by atoms with van der Waals surface area (Å²) in [6, 6.07) is 9.71. The van der Waals surface area contributed by atoms with Gasteiger partial charge in [0.25, 0.3) is 5.56 Å². The van der Waals surface area contributed by atoms with Gasteiger partial charge in [-0.05, 0) is 42.0 Å². The Morgan fingerprint density at radius 2 is 2.00 bits per heavy atom. The van der Waals surface area contributed by atoms with E-state index in [4.69, 9.17) is 11.0 Å². The maximum Gasteiger partial charge on any atom is 0.268 e. The number of nitrogen functional groups attached to an aromatic ring is 1. The minimum atomic E-state index is -0.432. The molecule has 19 heavy (non-hydrogen) atoms. The van der Waals surface area contributed by atoms with Crippen molar-refractivity contribution in [2.75, 3.05) is 5.73 Å². The van der Waals surface area contributed by atoms with E-state index in [1.165, 1.54) is 17.5 Å². The quantitative estimate of drug-likeness (QED) is 0.813. The second-order valence-corrected chi connectivity index (χ2v) is 4.79. The van der Waals surface area contributed by atoms with Crippen molar-refractivity contribution in [1.82, 2.24) is 4.98 Å². The molecule has 1 aliphatic rings. The number of hydrogen-bond acceptors (Lipinski definition) is 3. The molecule has 3 N–H and O–H groups in total. The molecule has 1 aromatic heterocycles. The van der Waals surface area contributed by atoms with E-state index >= 15 is 0 Å². The lowest BCUT2D eigenvalue weighted by Crippen LogP contribution is -2.13. The highest BCUT2D eigenvalue weighted by Crippen LogP contribution is 2.29. The molecule has 1 aliphatic carbocycles. The third-order valence-electron chi connectivity index (χ3n) is 3.58. The molecule has 0 radical (unpaired) electrons. The Kier molecular flexibility index (Phi) is 2.60. The molecule has 3 rings (SSSR count). The summed E-state index contributed by atoms with van der Waals surface area (Å²) >= 11 is 0. The number of nitriles is 1. The van der Waals surface area contributed by atoms with Crippen LogP contribution >= 0.6 is 0 Å². The largest absolute Gasteiger partial charge is 0.385 e. The monoisotopic (exact) mass is 251 g/mol. The lowest BCUT2D eigenvalue weighted by Gasteiger charge is -2.07. The number of nitrogens with two attached hydrogens (primary N) is 1. The number of hydrogen-bond donors (Lipinski definition) is 2. The highest BCUT2D eigenvalue weighted by molar-refractivity contribution is 5.73. The number of pyridine rings is 1. The van der Waals surface area contributed by atoms with Gasteiger partial charge in [-0.1, -0.05) is 18.2 Å². The van der Waals surface area contributed by atoms with E-state index in [2.05, 4.69) is 17.1 Å². The van der Waals surface area contributed by atoms with E-state index in [0.717, 1.165) is 18.4 Å². The van der Waals surface area contributed by atoms with Gasteiger partial charge in [-0.3, -0.25) is 4.79 Å². The number of aryl methyl sites for hydroxylation is 2. The van der Waals surface area contributed by atoms with E-state index in [1.807, 2.05) is 12.1 Å². The van der Waals surface area contributed by atoms with Crippen molar-refractivity contribution in [3.05, 3.63) is 51.3 Å². The van der Waals surface area contributed by atoms with E-state index in [1.54, 1.807) is 6.07 Å². The second kappa shape index (κ2) is 4.29. The van der Waals surface area contributed by atoms with Crippen molar-refractivity contribution in [2.45, 2.75) is 19.3 Å². The zero-order valence-corrected chi connectivity index (χ0v) is 10.4. The van der Waals surface area contributed by atoms with Crippen LogP contribution in [0.4, 0.5) is 5.82 Å². The number of nitrogens with one attached hydrogen (secondary N) is 1. The van der Waals surface area contributed by atoms with Crippen LogP contribution in [0.5, 0.6) is 0 Å². The molecule has 4 heteroatoms. The van der Waals surface area contributed by atoms with Crippen molar-refractivity contribution >= 4 is 5.82 Å². The molecule has 1 heterocycles. The van der Waals surface area contributed by atoms with Gasteiger partial charge in [0.2, 0.25) is 0 Å². The van der Waals surface area contributed by atoms with Gasteiger partial charge >= 0.3 is 0 Å². The van der Waals surface area contributed by atoms with Crippen molar-refractivity contribution in [2.24, 2.45) is 0 Å². The maximum absolute atomic E-state index is 11.7. The van der Waals surface area contributed by atoms with Crippen LogP contribution in [0, 0.1) is 11.3 Å². The predicted molar refractivity (Wildman–Crippen MR) is 73.7 cm³/mol. The summed E-state index contributed by atoms with van der Waals surface area (Å²) in [4.78, 5) is 14.2. The van der Waals surface area contributed by atoms with Crippen LogP contribution in [0.15, 0.2) is 29.1 Å². The topological polar surface area (TPSA) is 82.7 Å². The number of aromatic amines is 1. The van der Waals surface area contributed by atoms with Crippen LogP contribution in [0.25, 0.3) is 11.1 Å². The highest BCUT2D eigenvalue weighted by atomic mass is 16.1. The smallest absolute Gasteiger partial charge is 0.268 e. The number of nitrogens with zero attached hydrogens (tertiary/aromatic N) is 1. The molecule has 0 atom stereocenters. The first-order valence-corrected chi connectivity index (χ1v) is 6.24. The third kappa shape index (κ3) is 1.89. The maximum atomic E-state index is 11.7. The minimum absolute atomic E-state index is 0.118. The summed E-state index contributed by atoms with van der Waals surface area (Å²) in [6.07, 6.45) is 3.34. The Morgan fingerprint density at radius 1 is 1.21 bits per heavy atom. The van der Waals surface area contributed by atoms with Crippen LogP contribution in [0.1, 0.15) is 23.1 Å². The predicted octanol–water partition coefficient (Wildman–Crippen LogP) is 1.98. The average Bonchev–Trinajstić information content (AvgIpc) is 2.85. The highest BCUT2D eigenvalue weighted by Gasteiger charge is 2.15. The van der Waals surface area contributed by atoms with Gasteiger partial charge in [-0.2, -0.15) is 5.26 Å². The van der Waals surface area contributed by atoms with Gasteiger partial charge in [0.1, 0.15) is 17.5 Å². The van der Waals surface area contributed by atoms with Crippen molar-refractivity contribution in [3.8, 4) is 17.2 Å². The number of anilines is 1. The van der Waals surface area contributed by atoms with Gasteiger partial charge in [-0.15, -0.1) is 0 Å². The van der Waals surface area contributed by atoms with Gasteiger partial charge in [0, 0.05) is 5.56 Å². The van der Waals surface area contributed by atoms with E-state index < -0.39 is 5.56 Å². The fourth-order valence-corrected chi connectivity index (χ4v) is 2.66. The summed E-state index contributed by atoms with van der Waals surface area (Å²) in [7, 11) is 0. The zero-order chi connectivity index (χ0) is 13.4. The fourth-order valence-electron chi connectivity index (χ4n) is 2.66. The Morgan fingerprint density at radius 3 is 2.79 bits per heavy atom. The van der Waals surface area contributed by atoms with Gasteiger partial charge in [-0.25, -0.2) is 0 Å². The minimum Gasteiger partial charge on any atom is -0.385 e. The number of rotatable bonds is 1. The molecule has 4 nitrogen and oxygen atoms in total. The Labute approximate surface area is 110 Å². The van der Waals surface area contributed by atoms with Crippen molar-refractivity contribution in [3.63, 3.8) is 0 Å². The Bertz CT molecular complexity index is 753. The number of fused-ring (bicyclic) bond motifs is 1. The number of H-pyrrole nitrogens is 1. The second-order valence-electron chi connectivity index (χ2n) is 4.79. The van der Waals surface area contributed by atoms with Crippen LogP contribution in [0.2, 0.25) is 0 Å². The van der Waals surface area contributed by atoms with Gasteiger partial charge in [0.05, 0.1) is 0 Å². The average molecular weight is 251 g/mol. The summed E-state index contributed by atoms with van der Waals surface area (Å²) < 4.78 is 0. The molecule has 0 aliphatic heterocycles. The Hall–Kier alpha value is -2.54. The van der Waals surface area contributed by atoms with Crippen molar-refractivity contribution < 1.29 is 0 Å². The molecule has 2 aromatic rings. The summed E-state index contributed by atoms with van der Waals surface area (Å²) in [5.41, 5.74) is 9.51. The van der Waals surface area contributed by atoms with Crippen molar-refractivity contribution in [1.29, 1.82) is 5.26 Å². The molecular formula is C15H13N3O. The molecular weight excluding hydrogens is 238 g/mol. The molecule has 1 aromatic carbocycles. The third-order valence-corrected chi connectivity index (χ3v) is 3.58. The fraction of sp³-hybridized carbons (Fsp3) is 0.200. The summed E-state index contributed by atoms with van der Waals surface area (Å²) in [5, 5.41) is 9.13. The zero-order valence-electron chi connectivity index (χ0n) is 10.4. The molecule has 0 unspecified atom stereocenters. The molecule has 0 amide bonds. The molecule has 0 fully saturated rings. The molecule has 0 saturated heterocycles. The van der Waals surface area contributed by atoms with E-state index in [9.17, 15) is 4.79 Å². The van der Waals surface area contributed by atoms with Crippen LogP contribution in [0.3, 0.4) is 0 Å². The SMILES string of the molecule is N#Cc1c(-c2ccc3c(c2)CCC3)cc(N)[nH]c1=O. The van der Waals surface area contributed by atoms with Gasteiger partial charge in [0.15, 0.2) is 0 Å². The van der Waals surface area contributed by atoms with Crippen LogP contribution in [-0.2, 0) is 12.8 Å². The molecule has 0 saturated carbocycles. The van der Waals surface area contributed by atoms with Gasteiger partial charge < -0.3 is 10.7 Å².